The largest absolute Gasteiger partial charge is 0.387 e. The van der Waals surface area contributed by atoms with Crippen molar-refractivity contribution < 1.29 is 14.9 Å². The highest BCUT2D eigenvalue weighted by Gasteiger charge is 2.44. The Morgan fingerprint density at radius 3 is 2.66 bits per heavy atom. The standard InChI is InChI=1S/C18H31N7O3S/c19-6-3-1-2-4-11(5-7-20)29-8-12-14(26)15(27)18(28-12)25-10-24-13-16(21)22-9-23-17(13)25/h9-12,14-15,18,26-27H,1-8,19-20H2,(H2,21,22,23)/t11?,12-,14+,15-,18-/m1/s1. The average Bonchev–Trinajstić information content (AvgIpc) is 3.26. The molecule has 2 aromatic rings. The molecule has 0 aliphatic carbocycles. The Morgan fingerprint density at radius 1 is 1.07 bits per heavy atom. The van der Waals surface area contributed by atoms with Gasteiger partial charge < -0.3 is 32.2 Å². The number of aliphatic hydroxyl groups excluding tert-OH is 2. The monoisotopic (exact) mass is 425 g/mol. The second kappa shape index (κ2) is 10.5. The van der Waals surface area contributed by atoms with Crippen molar-refractivity contribution >= 4 is 28.7 Å². The summed E-state index contributed by atoms with van der Waals surface area (Å²) in [6, 6.07) is 0. The first-order valence-electron chi connectivity index (χ1n) is 10.0. The Hall–Kier alpha value is -1.50. The van der Waals surface area contributed by atoms with Crippen molar-refractivity contribution in [2.75, 3.05) is 24.6 Å². The molecular weight excluding hydrogens is 394 g/mol. The van der Waals surface area contributed by atoms with Crippen molar-refractivity contribution in [3.63, 3.8) is 0 Å². The molecule has 8 N–H and O–H groups in total. The van der Waals surface area contributed by atoms with Gasteiger partial charge in [-0.3, -0.25) is 4.57 Å². The van der Waals surface area contributed by atoms with Crippen molar-refractivity contribution in [2.24, 2.45) is 11.5 Å². The molecule has 5 atom stereocenters. The number of ether oxygens (including phenoxy) is 1. The third-order valence-corrected chi connectivity index (χ3v) is 6.68. The van der Waals surface area contributed by atoms with E-state index in [1.807, 2.05) is 0 Å². The smallest absolute Gasteiger partial charge is 0.167 e. The molecule has 162 valence electrons. The number of aliphatic hydroxyl groups is 2. The predicted octanol–water partition coefficient (Wildman–Crippen LogP) is -0.00260. The molecule has 0 amide bonds. The molecule has 3 heterocycles. The van der Waals surface area contributed by atoms with E-state index in [1.165, 1.54) is 12.7 Å². The highest BCUT2D eigenvalue weighted by atomic mass is 32.2. The molecular formula is C18H31N7O3S. The van der Waals surface area contributed by atoms with Gasteiger partial charge in [-0.1, -0.05) is 12.8 Å². The van der Waals surface area contributed by atoms with Crippen LogP contribution in [0.5, 0.6) is 0 Å². The van der Waals surface area contributed by atoms with Crippen LogP contribution in [0.1, 0.15) is 38.3 Å². The normalized spacial score (nSPS) is 25.7. The van der Waals surface area contributed by atoms with E-state index in [2.05, 4.69) is 15.0 Å². The van der Waals surface area contributed by atoms with Crippen molar-refractivity contribution in [2.45, 2.75) is 61.9 Å². The van der Waals surface area contributed by atoms with Crippen molar-refractivity contribution in [3.05, 3.63) is 12.7 Å². The minimum Gasteiger partial charge on any atom is -0.387 e. The second-order valence-electron chi connectivity index (χ2n) is 7.30. The van der Waals surface area contributed by atoms with E-state index in [4.69, 9.17) is 21.9 Å². The van der Waals surface area contributed by atoms with Gasteiger partial charge >= 0.3 is 0 Å². The number of hydrogen-bond donors (Lipinski definition) is 5. The molecule has 3 rings (SSSR count). The summed E-state index contributed by atoms with van der Waals surface area (Å²) in [6.07, 6.45) is 4.68. The first kappa shape index (κ1) is 22.2. The lowest BCUT2D eigenvalue weighted by Gasteiger charge is -2.20. The van der Waals surface area contributed by atoms with Crippen LogP contribution >= 0.6 is 11.8 Å². The number of nitrogens with zero attached hydrogens (tertiary/aromatic N) is 4. The van der Waals surface area contributed by atoms with E-state index in [-0.39, 0.29) is 5.82 Å². The zero-order valence-electron chi connectivity index (χ0n) is 16.4. The summed E-state index contributed by atoms with van der Waals surface area (Å²) >= 11 is 1.73. The third kappa shape index (κ3) is 5.16. The summed E-state index contributed by atoms with van der Waals surface area (Å²) in [5, 5.41) is 21.5. The highest BCUT2D eigenvalue weighted by Crippen LogP contribution is 2.34. The van der Waals surface area contributed by atoms with Gasteiger partial charge in [0.05, 0.1) is 12.4 Å². The molecule has 0 aromatic carbocycles. The minimum atomic E-state index is -1.09. The SMILES string of the molecule is NCCCCCC(CCN)SC[C@H]1O[C@@H](n2cnc3c(N)ncnc32)[C@H](O)[C@H]1O. The lowest BCUT2D eigenvalue weighted by Crippen LogP contribution is -2.33. The van der Waals surface area contributed by atoms with Crippen LogP contribution in [-0.2, 0) is 4.74 Å². The molecule has 0 spiro atoms. The van der Waals surface area contributed by atoms with Crippen LogP contribution in [0.4, 0.5) is 5.82 Å². The molecule has 0 bridgehead atoms. The van der Waals surface area contributed by atoms with E-state index in [0.717, 1.165) is 38.6 Å². The molecule has 11 heteroatoms. The number of unbranched alkanes of at least 4 members (excludes halogenated alkanes) is 2. The molecule has 1 unspecified atom stereocenters. The average molecular weight is 426 g/mol. The molecule has 10 nitrogen and oxygen atoms in total. The van der Waals surface area contributed by atoms with Crippen LogP contribution in [0.25, 0.3) is 11.2 Å². The van der Waals surface area contributed by atoms with E-state index >= 15 is 0 Å². The first-order chi connectivity index (χ1) is 14.1. The Bertz CT molecular complexity index is 777. The summed E-state index contributed by atoms with van der Waals surface area (Å²) in [7, 11) is 0. The van der Waals surface area contributed by atoms with E-state index in [0.29, 0.717) is 28.7 Å². The number of thioether (sulfide) groups is 1. The van der Waals surface area contributed by atoms with Crippen LogP contribution in [0.3, 0.4) is 0 Å². The lowest BCUT2D eigenvalue weighted by molar-refractivity contribution is -0.0289. The third-order valence-electron chi connectivity index (χ3n) is 5.21. The first-order valence-corrected chi connectivity index (χ1v) is 11.1. The van der Waals surface area contributed by atoms with E-state index < -0.39 is 24.5 Å². The summed E-state index contributed by atoms with van der Waals surface area (Å²) in [4.78, 5) is 12.3. The molecule has 1 aliphatic rings. The number of fused-ring (bicyclic) bond motifs is 1. The summed E-state index contributed by atoms with van der Waals surface area (Å²) in [5.41, 5.74) is 18.0. The van der Waals surface area contributed by atoms with Gasteiger partial charge in [0.15, 0.2) is 17.7 Å². The van der Waals surface area contributed by atoms with Crippen molar-refractivity contribution in [1.82, 2.24) is 19.5 Å². The Balaban J connectivity index is 1.62. The highest BCUT2D eigenvalue weighted by molar-refractivity contribution is 7.99. The predicted molar refractivity (Wildman–Crippen MR) is 113 cm³/mol. The fourth-order valence-electron chi connectivity index (χ4n) is 3.57. The fourth-order valence-corrected chi connectivity index (χ4v) is 4.95. The zero-order valence-corrected chi connectivity index (χ0v) is 17.2. The molecule has 2 aromatic heterocycles. The van der Waals surface area contributed by atoms with Crippen LogP contribution in [0.2, 0.25) is 0 Å². The second-order valence-corrected chi connectivity index (χ2v) is 8.63. The zero-order chi connectivity index (χ0) is 20.8. The lowest BCUT2D eigenvalue weighted by atomic mass is 10.1. The molecule has 29 heavy (non-hydrogen) atoms. The number of imidazole rings is 1. The van der Waals surface area contributed by atoms with Gasteiger partial charge in [0.25, 0.3) is 0 Å². The topological polar surface area (TPSA) is 171 Å². The van der Waals surface area contributed by atoms with Gasteiger partial charge in [-0.15, -0.1) is 0 Å². The van der Waals surface area contributed by atoms with Crippen LogP contribution in [0, 0.1) is 0 Å². The van der Waals surface area contributed by atoms with Gasteiger partial charge in [0.1, 0.15) is 24.1 Å². The van der Waals surface area contributed by atoms with Gasteiger partial charge in [-0.25, -0.2) is 15.0 Å². The number of anilines is 1. The quantitative estimate of drug-likeness (QED) is 0.308. The Labute approximate surface area is 174 Å². The Kier molecular flexibility index (Phi) is 8.04. The number of nitrogens with two attached hydrogens (primary N) is 3. The number of nitrogen functional groups attached to an aromatic ring is 1. The molecule has 1 fully saturated rings. The molecule has 1 saturated heterocycles. The number of rotatable bonds is 11. The minimum absolute atomic E-state index is 0.258. The van der Waals surface area contributed by atoms with Crippen molar-refractivity contribution in [3.8, 4) is 0 Å². The van der Waals surface area contributed by atoms with Crippen LogP contribution in [-0.4, -0.2) is 72.1 Å². The number of aromatic nitrogens is 4. The molecule has 0 saturated carbocycles. The van der Waals surface area contributed by atoms with Crippen LogP contribution < -0.4 is 17.2 Å². The van der Waals surface area contributed by atoms with Gasteiger partial charge in [-0.2, -0.15) is 11.8 Å². The maximum Gasteiger partial charge on any atom is 0.167 e. The van der Waals surface area contributed by atoms with Gasteiger partial charge in [-0.05, 0) is 32.4 Å². The van der Waals surface area contributed by atoms with E-state index in [9.17, 15) is 10.2 Å². The maximum absolute atomic E-state index is 10.6. The molecule has 1 aliphatic heterocycles. The molecule has 0 radical (unpaired) electrons. The van der Waals surface area contributed by atoms with Crippen molar-refractivity contribution in [1.29, 1.82) is 0 Å². The van der Waals surface area contributed by atoms with Gasteiger partial charge in [0, 0.05) is 11.0 Å². The maximum atomic E-state index is 10.6. The summed E-state index contributed by atoms with van der Waals surface area (Å²) < 4.78 is 7.60. The number of hydrogen-bond acceptors (Lipinski definition) is 10. The van der Waals surface area contributed by atoms with Crippen LogP contribution in [0.15, 0.2) is 12.7 Å². The summed E-state index contributed by atoms with van der Waals surface area (Å²) in [6.45, 7) is 1.34. The summed E-state index contributed by atoms with van der Waals surface area (Å²) in [5.74, 6) is 0.827. The van der Waals surface area contributed by atoms with Gasteiger partial charge in [0.2, 0.25) is 0 Å². The van der Waals surface area contributed by atoms with E-state index in [1.54, 1.807) is 16.3 Å². The fraction of sp³-hybridized carbons (Fsp3) is 0.722. The Morgan fingerprint density at radius 2 is 1.90 bits per heavy atom.